The second-order valence-corrected chi connectivity index (χ2v) is 8.56. The van der Waals surface area contributed by atoms with Crippen molar-refractivity contribution in [3.8, 4) is 5.75 Å². The van der Waals surface area contributed by atoms with Gasteiger partial charge in [-0.2, -0.15) is 8.78 Å². The molecule has 1 unspecified atom stereocenters. The molecule has 2 aliphatic rings. The van der Waals surface area contributed by atoms with E-state index < -0.39 is 6.61 Å². The summed E-state index contributed by atoms with van der Waals surface area (Å²) in [5.41, 5.74) is 2.65. The van der Waals surface area contributed by atoms with E-state index in [1.54, 1.807) is 23.9 Å². The van der Waals surface area contributed by atoms with Crippen LogP contribution in [0.1, 0.15) is 36.7 Å². The molecule has 5 rings (SSSR count). The molecule has 3 heterocycles. The molecule has 0 saturated heterocycles. The molecule has 1 aromatic heterocycles. The van der Waals surface area contributed by atoms with Crippen molar-refractivity contribution in [1.29, 1.82) is 0 Å². The fraction of sp³-hybridized carbons (Fsp3) is 0.316. The van der Waals surface area contributed by atoms with Crippen molar-refractivity contribution in [2.75, 3.05) is 0 Å². The number of imidazole rings is 1. The Bertz CT molecular complexity index is 1020. The number of hydrogen-bond acceptors (Lipinski definition) is 3. The highest BCUT2D eigenvalue weighted by Crippen LogP contribution is 2.55. The van der Waals surface area contributed by atoms with Gasteiger partial charge in [-0.3, -0.25) is 0 Å². The van der Waals surface area contributed by atoms with Crippen LogP contribution in [0.2, 0.25) is 5.02 Å². The molecule has 2 aliphatic heterocycles. The first-order valence-corrected chi connectivity index (χ1v) is 9.70. The Morgan fingerprint density at radius 1 is 1.31 bits per heavy atom. The van der Waals surface area contributed by atoms with Crippen LogP contribution in [-0.4, -0.2) is 21.4 Å². The number of rotatable bonds is 2. The second-order valence-electron chi connectivity index (χ2n) is 6.70. The van der Waals surface area contributed by atoms with Gasteiger partial charge >= 0.3 is 6.61 Å². The van der Waals surface area contributed by atoms with Crippen molar-refractivity contribution in [3.63, 3.8) is 0 Å². The normalized spacial score (nSPS) is 23.8. The lowest BCUT2D eigenvalue weighted by atomic mass is 9.96. The molecule has 7 heteroatoms. The van der Waals surface area contributed by atoms with Crippen LogP contribution in [-0.2, 0) is 0 Å². The summed E-state index contributed by atoms with van der Waals surface area (Å²) < 4.78 is 33.0. The minimum absolute atomic E-state index is 0.0825. The van der Waals surface area contributed by atoms with Gasteiger partial charge in [0.1, 0.15) is 11.6 Å². The maximum atomic E-state index is 13.0. The van der Waals surface area contributed by atoms with E-state index in [0.29, 0.717) is 5.02 Å². The third-order valence-electron chi connectivity index (χ3n) is 5.25. The first kappa shape index (κ1) is 16.4. The van der Waals surface area contributed by atoms with E-state index in [9.17, 15) is 8.78 Å². The number of aromatic nitrogens is 2. The summed E-state index contributed by atoms with van der Waals surface area (Å²) in [7, 11) is 0. The Morgan fingerprint density at radius 2 is 2.15 bits per heavy atom. The van der Waals surface area contributed by atoms with Gasteiger partial charge in [0.15, 0.2) is 0 Å². The van der Waals surface area contributed by atoms with Crippen LogP contribution in [0.25, 0.3) is 11.0 Å². The molecule has 3 nitrogen and oxygen atoms in total. The lowest BCUT2D eigenvalue weighted by molar-refractivity contribution is -0.0508. The molecule has 2 aromatic carbocycles. The summed E-state index contributed by atoms with van der Waals surface area (Å²) in [5, 5.41) is 0.924. The summed E-state index contributed by atoms with van der Waals surface area (Å²) >= 11 is 7.92. The maximum absolute atomic E-state index is 13.0. The Labute approximate surface area is 158 Å². The highest BCUT2D eigenvalue weighted by Gasteiger charge is 2.43. The molecule has 0 fully saturated rings. The van der Waals surface area contributed by atoms with Gasteiger partial charge in [-0.05, 0) is 36.8 Å². The van der Waals surface area contributed by atoms with Crippen LogP contribution >= 0.6 is 23.4 Å². The fourth-order valence-electron chi connectivity index (χ4n) is 4.21. The molecule has 134 valence electrons. The Hall–Kier alpha value is -1.79. The molecule has 0 spiro atoms. The number of hydrogen-bond donors (Lipinski definition) is 0. The quantitative estimate of drug-likeness (QED) is 0.546. The molecule has 0 amide bonds. The van der Waals surface area contributed by atoms with Gasteiger partial charge in [0.25, 0.3) is 0 Å². The van der Waals surface area contributed by atoms with Crippen molar-refractivity contribution >= 4 is 34.4 Å². The van der Waals surface area contributed by atoms with Crippen molar-refractivity contribution in [3.05, 3.63) is 52.8 Å². The van der Waals surface area contributed by atoms with Crippen molar-refractivity contribution < 1.29 is 13.5 Å². The van der Waals surface area contributed by atoms with Crippen LogP contribution < -0.4 is 4.74 Å². The fourth-order valence-corrected chi connectivity index (χ4v) is 5.69. The average molecular weight is 393 g/mol. The van der Waals surface area contributed by atoms with Gasteiger partial charge in [0.05, 0.1) is 17.1 Å². The van der Waals surface area contributed by atoms with Gasteiger partial charge < -0.3 is 9.30 Å². The zero-order valence-electron chi connectivity index (χ0n) is 13.8. The van der Waals surface area contributed by atoms with Crippen molar-refractivity contribution in [2.45, 2.75) is 42.1 Å². The SMILES string of the molecule is CC1Sc2cccc(OC(F)F)c2[C@H]2C[C@@H]1c1nc3ccc(Cl)cc3n12. The van der Waals surface area contributed by atoms with E-state index in [1.165, 1.54) is 0 Å². The van der Waals surface area contributed by atoms with Crippen LogP contribution in [0, 0.1) is 0 Å². The van der Waals surface area contributed by atoms with E-state index in [4.69, 9.17) is 21.3 Å². The molecule has 0 radical (unpaired) electrons. The molecular formula is C19H15ClF2N2OS. The summed E-state index contributed by atoms with van der Waals surface area (Å²) in [4.78, 5) is 5.83. The third-order valence-corrected chi connectivity index (χ3v) is 6.80. The number of fused-ring (bicyclic) bond motifs is 9. The van der Waals surface area contributed by atoms with Crippen LogP contribution in [0.3, 0.4) is 0 Å². The van der Waals surface area contributed by atoms with Gasteiger partial charge in [-0.1, -0.05) is 24.6 Å². The van der Waals surface area contributed by atoms with Crippen LogP contribution in [0.5, 0.6) is 5.75 Å². The molecular weight excluding hydrogens is 378 g/mol. The summed E-state index contributed by atoms with van der Waals surface area (Å²) in [6.07, 6.45) is 0.829. The van der Waals surface area contributed by atoms with Crippen LogP contribution in [0.15, 0.2) is 41.3 Å². The first-order valence-electron chi connectivity index (χ1n) is 8.44. The Kier molecular flexibility index (Phi) is 3.69. The minimum atomic E-state index is -2.85. The largest absolute Gasteiger partial charge is 0.434 e. The van der Waals surface area contributed by atoms with E-state index in [-0.39, 0.29) is 23.0 Å². The minimum Gasteiger partial charge on any atom is -0.434 e. The topological polar surface area (TPSA) is 27.1 Å². The number of thioether (sulfide) groups is 1. The number of halogens is 3. The predicted octanol–water partition coefficient (Wildman–Crippen LogP) is 5.86. The highest BCUT2D eigenvalue weighted by atomic mass is 35.5. The predicted molar refractivity (Wildman–Crippen MR) is 98.6 cm³/mol. The lowest BCUT2D eigenvalue weighted by Crippen LogP contribution is -2.13. The number of ether oxygens (including phenoxy) is 1. The zero-order valence-corrected chi connectivity index (χ0v) is 15.4. The van der Waals surface area contributed by atoms with E-state index in [2.05, 4.69) is 11.5 Å². The summed E-state index contributed by atoms with van der Waals surface area (Å²) in [6.45, 7) is -0.678. The monoisotopic (exact) mass is 392 g/mol. The van der Waals surface area contributed by atoms with E-state index >= 15 is 0 Å². The molecule has 26 heavy (non-hydrogen) atoms. The van der Waals surface area contributed by atoms with E-state index in [1.807, 2.05) is 24.3 Å². The van der Waals surface area contributed by atoms with Crippen molar-refractivity contribution in [2.24, 2.45) is 0 Å². The lowest BCUT2D eigenvalue weighted by Gasteiger charge is -2.22. The number of alkyl halides is 2. The Morgan fingerprint density at radius 3 is 2.96 bits per heavy atom. The molecule has 0 saturated carbocycles. The molecule has 0 aliphatic carbocycles. The average Bonchev–Trinajstić information content (AvgIpc) is 3.07. The molecule has 2 bridgehead atoms. The van der Waals surface area contributed by atoms with E-state index in [0.717, 1.165) is 33.7 Å². The van der Waals surface area contributed by atoms with Gasteiger partial charge in [0, 0.05) is 26.6 Å². The molecule has 3 atom stereocenters. The standard InChI is InChI=1S/C19H15ClF2N2OS/c1-9-11-8-14(17-15(25-19(21)22)3-2-4-16(17)26-9)24-13-7-10(20)5-6-12(13)23-18(11)24/h2-7,9,11,14,19H,8H2,1H3/t9?,11-,14+/m0/s1. The second kappa shape index (κ2) is 5.86. The van der Waals surface area contributed by atoms with Crippen molar-refractivity contribution in [1.82, 2.24) is 9.55 Å². The first-order chi connectivity index (χ1) is 12.5. The number of nitrogens with zero attached hydrogens (tertiary/aromatic N) is 2. The third kappa shape index (κ3) is 2.35. The maximum Gasteiger partial charge on any atom is 0.387 e. The van der Waals surface area contributed by atoms with Gasteiger partial charge in [-0.25, -0.2) is 4.98 Å². The Balaban J connectivity index is 1.78. The highest BCUT2D eigenvalue weighted by molar-refractivity contribution is 8.00. The smallest absolute Gasteiger partial charge is 0.387 e. The van der Waals surface area contributed by atoms with Gasteiger partial charge in [0.2, 0.25) is 0 Å². The zero-order chi connectivity index (χ0) is 18.0. The molecule has 3 aromatic rings. The number of benzene rings is 2. The molecule has 0 N–H and O–H groups in total. The van der Waals surface area contributed by atoms with Gasteiger partial charge in [-0.15, -0.1) is 11.8 Å². The van der Waals surface area contributed by atoms with Crippen LogP contribution in [0.4, 0.5) is 8.78 Å². The summed E-state index contributed by atoms with van der Waals surface area (Å²) in [5.74, 6) is 1.51. The summed E-state index contributed by atoms with van der Waals surface area (Å²) in [6, 6.07) is 10.9.